The summed E-state index contributed by atoms with van der Waals surface area (Å²) >= 11 is 1.75. The van der Waals surface area contributed by atoms with Crippen LogP contribution in [0.15, 0.2) is 42.0 Å². The summed E-state index contributed by atoms with van der Waals surface area (Å²) in [5.74, 6) is 0.971. The van der Waals surface area contributed by atoms with E-state index in [9.17, 15) is 0 Å². The molecule has 124 valence electrons. The fourth-order valence-electron chi connectivity index (χ4n) is 3.33. The van der Waals surface area contributed by atoms with Gasteiger partial charge < -0.3 is 10.2 Å². The maximum atomic E-state index is 4.56. The molecule has 0 spiro atoms. The van der Waals surface area contributed by atoms with Crippen LogP contribution >= 0.6 is 11.3 Å². The molecule has 6 heteroatoms. The predicted molar refractivity (Wildman–Crippen MR) is 98.4 cm³/mol. The van der Waals surface area contributed by atoms with Gasteiger partial charge in [-0.05, 0) is 55.0 Å². The van der Waals surface area contributed by atoms with Gasteiger partial charge in [-0.1, -0.05) is 0 Å². The molecule has 2 atom stereocenters. The number of thiophene rings is 1. The fraction of sp³-hybridized carbons (Fsp3) is 0.389. The maximum absolute atomic E-state index is 4.56. The van der Waals surface area contributed by atoms with Crippen molar-refractivity contribution in [2.45, 2.75) is 31.8 Å². The van der Waals surface area contributed by atoms with E-state index in [2.05, 4.69) is 49.8 Å². The van der Waals surface area contributed by atoms with Gasteiger partial charge >= 0.3 is 0 Å². The van der Waals surface area contributed by atoms with E-state index in [1.165, 1.54) is 23.1 Å². The van der Waals surface area contributed by atoms with Gasteiger partial charge in [0.15, 0.2) is 5.82 Å². The third kappa shape index (κ3) is 3.25. The molecule has 1 N–H and O–H groups in total. The average molecular weight is 339 g/mol. The molecular weight excluding hydrogens is 318 g/mol. The number of anilines is 1. The quantitative estimate of drug-likeness (QED) is 0.789. The van der Waals surface area contributed by atoms with E-state index in [0.29, 0.717) is 6.04 Å². The number of piperidine rings is 1. The van der Waals surface area contributed by atoms with Crippen molar-refractivity contribution < 1.29 is 0 Å². The summed E-state index contributed by atoms with van der Waals surface area (Å²) in [5.41, 5.74) is 2.34. The van der Waals surface area contributed by atoms with Crippen LogP contribution < -0.4 is 10.2 Å². The predicted octanol–water partition coefficient (Wildman–Crippen LogP) is 3.41. The SMILES string of the molecule is C[C@@H](N[C@H]1CCCN(c2cccnn2)C1)c1cnc2ccsc2c1. The Morgan fingerprint density at radius 1 is 1.38 bits per heavy atom. The molecule has 0 aliphatic carbocycles. The molecule has 0 bridgehead atoms. The van der Waals surface area contributed by atoms with E-state index in [4.69, 9.17) is 0 Å². The van der Waals surface area contributed by atoms with Crippen LogP contribution in [0.4, 0.5) is 5.82 Å². The van der Waals surface area contributed by atoms with Gasteiger partial charge in [0.25, 0.3) is 0 Å². The van der Waals surface area contributed by atoms with Crippen molar-refractivity contribution in [3.05, 3.63) is 47.6 Å². The van der Waals surface area contributed by atoms with Crippen LogP contribution in [0.2, 0.25) is 0 Å². The summed E-state index contributed by atoms with van der Waals surface area (Å²) in [4.78, 5) is 6.88. The van der Waals surface area contributed by atoms with Crippen LogP contribution in [0.5, 0.6) is 0 Å². The van der Waals surface area contributed by atoms with Gasteiger partial charge in [0.05, 0.1) is 10.2 Å². The normalized spacial score (nSPS) is 19.5. The number of hydrogen-bond acceptors (Lipinski definition) is 6. The summed E-state index contributed by atoms with van der Waals surface area (Å²) in [6, 6.07) is 9.05. The van der Waals surface area contributed by atoms with Gasteiger partial charge in [-0.3, -0.25) is 4.98 Å². The van der Waals surface area contributed by atoms with Crippen molar-refractivity contribution in [1.82, 2.24) is 20.5 Å². The number of pyridine rings is 1. The third-order valence-corrected chi connectivity index (χ3v) is 5.47. The van der Waals surface area contributed by atoms with Crippen molar-refractivity contribution in [3.63, 3.8) is 0 Å². The Bertz CT molecular complexity index is 803. The van der Waals surface area contributed by atoms with Crippen LogP contribution in [0.3, 0.4) is 0 Å². The van der Waals surface area contributed by atoms with E-state index < -0.39 is 0 Å². The standard InChI is InChI=1S/C18H21N5S/c1-13(14-10-17-16(19-11-14)6-9-24-17)21-15-4-3-8-23(12-15)18-5-2-7-20-22-18/h2,5-7,9-11,13,15,21H,3-4,8,12H2,1H3/t13-,15+/m1/s1. The first-order valence-corrected chi connectivity index (χ1v) is 9.29. The van der Waals surface area contributed by atoms with Gasteiger partial charge in [-0.15, -0.1) is 16.4 Å². The minimum Gasteiger partial charge on any atom is -0.354 e. The van der Waals surface area contributed by atoms with Crippen LogP contribution in [-0.4, -0.2) is 34.3 Å². The Hall–Kier alpha value is -2.05. The molecule has 1 saturated heterocycles. The number of aromatic nitrogens is 3. The van der Waals surface area contributed by atoms with Crippen molar-refractivity contribution in [1.29, 1.82) is 0 Å². The Kier molecular flexibility index (Phi) is 4.40. The zero-order valence-corrected chi connectivity index (χ0v) is 14.5. The third-order valence-electron chi connectivity index (χ3n) is 4.61. The molecule has 0 aromatic carbocycles. The summed E-state index contributed by atoms with van der Waals surface area (Å²) < 4.78 is 1.26. The number of fused-ring (bicyclic) bond motifs is 1. The highest BCUT2D eigenvalue weighted by molar-refractivity contribution is 7.17. The second kappa shape index (κ2) is 6.83. The number of nitrogens with zero attached hydrogens (tertiary/aromatic N) is 4. The number of hydrogen-bond donors (Lipinski definition) is 1. The molecule has 1 fully saturated rings. The Morgan fingerprint density at radius 2 is 2.33 bits per heavy atom. The zero-order valence-electron chi connectivity index (χ0n) is 13.7. The molecule has 0 amide bonds. The summed E-state index contributed by atoms with van der Waals surface area (Å²) in [6.07, 6.45) is 6.08. The van der Waals surface area contributed by atoms with Crippen molar-refractivity contribution in [2.24, 2.45) is 0 Å². The van der Waals surface area contributed by atoms with Crippen molar-refractivity contribution >= 4 is 27.4 Å². The summed E-state index contributed by atoms with van der Waals surface area (Å²) in [5, 5.41) is 14.1. The molecular formula is C18H21N5S. The molecule has 4 rings (SSSR count). The number of nitrogens with one attached hydrogen (secondary N) is 1. The monoisotopic (exact) mass is 339 g/mol. The second-order valence-electron chi connectivity index (χ2n) is 6.33. The van der Waals surface area contributed by atoms with E-state index in [1.807, 2.05) is 18.3 Å². The second-order valence-corrected chi connectivity index (χ2v) is 7.28. The fourth-order valence-corrected chi connectivity index (χ4v) is 4.12. The summed E-state index contributed by atoms with van der Waals surface area (Å²) in [6.45, 7) is 4.24. The van der Waals surface area contributed by atoms with Crippen LogP contribution in [0.25, 0.3) is 10.2 Å². The molecule has 1 aliphatic rings. The molecule has 1 aliphatic heterocycles. The molecule has 24 heavy (non-hydrogen) atoms. The number of rotatable bonds is 4. The van der Waals surface area contributed by atoms with E-state index in [1.54, 1.807) is 17.5 Å². The minimum absolute atomic E-state index is 0.288. The molecule has 3 aromatic heterocycles. The summed E-state index contributed by atoms with van der Waals surface area (Å²) in [7, 11) is 0. The highest BCUT2D eigenvalue weighted by Crippen LogP contribution is 2.24. The zero-order chi connectivity index (χ0) is 16.4. The van der Waals surface area contributed by atoms with E-state index in [0.717, 1.165) is 24.4 Å². The Morgan fingerprint density at radius 3 is 3.21 bits per heavy atom. The Balaban J connectivity index is 1.44. The first-order valence-electron chi connectivity index (χ1n) is 8.41. The van der Waals surface area contributed by atoms with Gasteiger partial charge in [0.2, 0.25) is 0 Å². The first-order chi connectivity index (χ1) is 11.8. The minimum atomic E-state index is 0.288. The molecule has 0 radical (unpaired) electrons. The molecule has 5 nitrogen and oxygen atoms in total. The van der Waals surface area contributed by atoms with Crippen LogP contribution in [0.1, 0.15) is 31.4 Å². The van der Waals surface area contributed by atoms with Crippen molar-refractivity contribution in [2.75, 3.05) is 18.0 Å². The van der Waals surface area contributed by atoms with Gasteiger partial charge in [-0.25, -0.2) is 0 Å². The Labute approximate surface area is 145 Å². The molecule has 4 heterocycles. The topological polar surface area (TPSA) is 53.9 Å². The average Bonchev–Trinajstić information content (AvgIpc) is 3.10. The lowest BCUT2D eigenvalue weighted by Crippen LogP contribution is -2.46. The first kappa shape index (κ1) is 15.5. The van der Waals surface area contributed by atoms with Gasteiger partial charge in [-0.2, -0.15) is 5.10 Å². The van der Waals surface area contributed by atoms with Gasteiger partial charge in [0.1, 0.15) is 0 Å². The van der Waals surface area contributed by atoms with Gasteiger partial charge in [0, 0.05) is 37.6 Å². The van der Waals surface area contributed by atoms with Crippen LogP contribution in [0, 0.1) is 0 Å². The highest BCUT2D eigenvalue weighted by Gasteiger charge is 2.22. The van der Waals surface area contributed by atoms with Crippen LogP contribution in [-0.2, 0) is 0 Å². The van der Waals surface area contributed by atoms with Crippen molar-refractivity contribution in [3.8, 4) is 0 Å². The lowest BCUT2D eigenvalue weighted by atomic mass is 10.0. The lowest BCUT2D eigenvalue weighted by molar-refractivity contribution is 0.386. The molecule has 0 unspecified atom stereocenters. The molecule has 0 saturated carbocycles. The van der Waals surface area contributed by atoms with E-state index in [-0.39, 0.29) is 6.04 Å². The molecule has 3 aromatic rings. The van der Waals surface area contributed by atoms with E-state index >= 15 is 0 Å². The smallest absolute Gasteiger partial charge is 0.151 e. The largest absolute Gasteiger partial charge is 0.354 e. The lowest BCUT2D eigenvalue weighted by Gasteiger charge is -2.35. The maximum Gasteiger partial charge on any atom is 0.151 e. The highest BCUT2D eigenvalue weighted by atomic mass is 32.1.